The molecule has 0 radical (unpaired) electrons. The van der Waals surface area contributed by atoms with E-state index < -0.39 is 0 Å². The molecule has 7 heteroatoms. The lowest BCUT2D eigenvalue weighted by Crippen LogP contribution is -2.19. The number of benzene rings is 1. The molecular formula is C12H15N5O2. The second-order valence-electron chi connectivity index (χ2n) is 4.22. The molecule has 0 bridgehead atoms. The molecule has 1 heterocycles. The highest BCUT2D eigenvalue weighted by atomic mass is 16.6. The van der Waals surface area contributed by atoms with E-state index in [0.29, 0.717) is 18.7 Å². The van der Waals surface area contributed by atoms with Gasteiger partial charge >= 0.3 is 0 Å². The summed E-state index contributed by atoms with van der Waals surface area (Å²) in [7, 11) is 0. The van der Waals surface area contributed by atoms with Gasteiger partial charge in [0.05, 0.1) is 17.7 Å². The smallest absolute Gasteiger partial charge is 0.272 e. The number of aryl methyl sites for hydroxylation is 1. The van der Waals surface area contributed by atoms with Gasteiger partial charge < -0.3 is 5.32 Å². The number of rotatable bonds is 6. The van der Waals surface area contributed by atoms with Crippen LogP contribution in [0.15, 0.2) is 30.6 Å². The van der Waals surface area contributed by atoms with Crippen LogP contribution in [0.1, 0.15) is 11.1 Å². The quantitative estimate of drug-likeness (QED) is 0.481. The fourth-order valence-corrected chi connectivity index (χ4v) is 1.74. The van der Waals surface area contributed by atoms with E-state index in [9.17, 15) is 10.1 Å². The first kappa shape index (κ1) is 13.2. The highest BCUT2D eigenvalue weighted by molar-refractivity contribution is 5.42. The molecule has 1 aromatic heterocycles. The van der Waals surface area contributed by atoms with Gasteiger partial charge in [-0.25, -0.2) is 0 Å². The van der Waals surface area contributed by atoms with Gasteiger partial charge in [-0.05, 0) is 12.5 Å². The lowest BCUT2D eigenvalue weighted by atomic mass is 10.1. The van der Waals surface area contributed by atoms with Crippen LogP contribution in [0.5, 0.6) is 0 Å². The maximum atomic E-state index is 10.8. The summed E-state index contributed by atoms with van der Waals surface area (Å²) in [6.45, 7) is 3.77. The molecular weight excluding hydrogens is 246 g/mol. The molecule has 1 N–H and O–H groups in total. The maximum absolute atomic E-state index is 10.8. The predicted molar refractivity (Wildman–Crippen MR) is 69.6 cm³/mol. The molecule has 100 valence electrons. The van der Waals surface area contributed by atoms with Crippen molar-refractivity contribution in [3.05, 3.63) is 51.8 Å². The normalized spacial score (nSPS) is 10.6. The second-order valence-corrected chi connectivity index (χ2v) is 4.22. The largest absolute Gasteiger partial charge is 0.311 e. The molecule has 19 heavy (non-hydrogen) atoms. The average molecular weight is 261 g/mol. The average Bonchev–Trinajstić information content (AvgIpc) is 2.89. The van der Waals surface area contributed by atoms with Crippen molar-refractivity contribution in [2.24, 2.45) is 0 Å². The summed E-state index contributed by atoms with van der Waals surface area (Å²) < 4.78 is 1.73. The number of hydrogen-bond donors (Lipinski definition) is 1. The minimum atomic E-state index is -0.353. The molecule has 0 fully saturated rings. The van der Waals surface area contributed by atoms with Crippen LogP contribution >= 0.6 is 0 Å². The number of nitro benzene ring substituents is 1. The standard InChI is InChI=1S/C12H15N5O2/c1-10-2-3-11(8-12(10)17(18)19)9-13-4-6-16-7-5-14-15-16/h2-3,5,7-8,13H,4,6,9H2,1H3. The third kappa shape index (κ3) is 3.59. The van der Waals surface area contributed by atoms with E-state index in [1.54, 1.807) is 36.1 Å². The van der Waals surface area contributed by atoms with E-state index in [4.69, 9.17) is 0 Å². The van der Waals surface area contributed by atoms with Gasteiger partial charge in [0, 0.05) is 30.9 Å². The number of nitro groups is 1. The fourth-order valence-electron chi connectivity index (χ4n) is 1.74. The first-order valence-electron chi connectivity index (χ1n) is 5.95. The van der Waals surface area contributed by atoms with Gasteiger partial charge in [0.25, 0.3) is 5.69 Å². The molecule has 7 nitrogen and oxygen atoms in total. The van der Waals surface area contributed by atoms with Crippen molar-refractivity contribution in [1.82, 2.24) is 20.3 Å². The Hall–Kier alpha value is -2.28. The molecule has 0 aliphatic rings. The highest BCUT2D eigenvalue weighted by Gasteiger charge is 2.10. The summed E-state index contributed by atoms with van der Waals surface area (Å²) >= 11 is 0. The Morgan fingerprint density at radius 3 is 3.00 bits per heavy atom. The van der Waals surface area contributed by atoms with Gasteiger partial charge in [0.15, 0.2) is 0 Å². The molecule has 2 aromatic rings. The van der Waals surface area contributed by atoms with E-state index in [1.807, 2.05) is 6.07 Å². The van der Waals surface area contributed by atoms with Crippen molar-refractivity contribution < 1.29 is 4.92 Å². The highest BCUT2D eigenvalue weighted by Crippen LogP contribution is 2.18. The summed E-state index contributed by atoms with van der Waals surface area (Å²) in [5, 5.41) is 21.6. The minimum Gasteiger partial charge on any atom is -0.311 e. The molecule has 0 aliphatic carbocycles. The van der Waals surface area contributed by atoms with E-state index in [0.717, 1.165) is 12.1 Å². The molecule has 0 saturated carbocycles. The monoisotopic (exact) mass is 261 g/mol. The third-order valence-corrected chi connectivity index (χ3v) is 2.79. The Morgan fingerprint density at radius 1 is 1.47 bits per heavy atom. The minimum absolute atomic E-state index is 0.163. The van der Waals surface area contributed by atoms with Crippen molar-refractivity contribution in [3.63, 3.8) is 0 Å². The lowest BCUT2D eigenvalue weighted by Gasteiger charge is -2.05. The first-order valence-corrected chi connectivity index (χ1v) is 5.95. The van der Waals surface area contributed by atoms with E-state index in [1.165, 1.54) is 0 Å². The Bertz CT molecular complexity index is 553. The predicted octanol–water partition coefficient (Wildman–Crippen LogP) is 1.28. The van der Waals surface area contributed by atoms with Crippen LogP contribution in [0.4, 0.5) is 5.69 Å². The van der Waals surface area contributed by atoms with Crippen molar-refractivity contribution in [2.45, 2.75) is 20.0 Å². The van der Waals surface area contributed by atoms with E-state index in [-0.39, 0.29) is 10.6 Å². The number of nitrogens with zero attached hydrogens (tertiary/aromatic N) is 4. The topological polar surface area (TPSA) is 85.9 Å². The van der Waals surface area contributed by atoms with Crippen LogP contribution in [0.3, 0.4) is 0 Å². The second kappa shape index (κ2) is 6.05. The summed E-state index contributed by atoms with van der Waals surface area (Å²) in [6, 6.07) is 5.27. The molecule has 0 spiro atoms. The van der Waals surface area contributed by atoms with E-state index in [2.05, 4.69) is 15.6 Å². The molecule has 2 rings (SSSR count). The molecule has 0 saturated heterocycles. The van der Waals surface area contributed by atoms with Gasteiger partial charge in [0.1, 0.15) is 0 Å². The van der Waals surface area contributed by atoms with Crippen molar-refractivity contribution in [1.29, 1.82) is 0 Å². The first-order chi connectivity index (χ1) is 9.16. The van der Waals surface area contributed by atoms with Crippen LogP contribution in [-0.4, -0.2) is 26.5 Å². The van der Waals surface area contributed by atoms with Crippen LogP contribution in [0.2, 0.25) is 0 Å². The lowest BCUT2D eigenvalue weighted by molar-refractivity contribution is -0.385. The number of nitrogens with one attached hydrogen (secondary N) is 1. The van der Waals surface area contributed by atoms with Crippen LogP contribution in [0, 0.1) is 17.0 Å². The molecule has 1 aromatic carbocycles. The summed E-state index contributed by atoms with van der Waals surface area (Å²) in [5.74, 6) is 0. The van der Waals surface area contributed by atoms with Crippen LogP contribution < -0.4 is 5.32 Å². The zero-order valence-corrected chi connectivity index (χ0v) is 10.6. The summed E-state index contributed by atoms with van der Waals surface area (Å²) in [6.07, 6.45) is 3.42. The summed E-state index contributed by atoms with van der Waals surface area (Å²) in [4.78, 5) is 10.5. The Kier molecular flexibility index (Phi) is 4.19. The van der Waals surface area contributed by atoms with E-state index >= 15 is 0 Å². The van der Waals surface area contributed by atoms with Gasteiger partial charge in [0.2, 0.25) is 0 Å². The Balaban J connectivity index is 1.86. The molecule has 0 unspecified atom stereocenters. The Labute approximate surface area is 110 Å². The molecule has 0 aliphatic heterocycles. The van der Waals surface area contributed by atoms with Crippen LogP contribution in [-0.2, 0) is 13.1 Å². The SMILES string of the molecule is Cc1ccc(CNCCn2ccnn2)cc1[N+](=O)[O-]. The fraction of sp³-hybridized carbons (Fsp3) is 0.333. The van der Waals surface area contributed by atoms with Gasteiger partial charge in [-0.3, -0.25) is 14.8 Å². The number of aromatic nitrogens is 3. The van der Waals surface area contributed by atoms with Crippen molar-refractivity contribution in [2.75, 3.05) is 6.54 Å². The van der Waals surface area contributed by atoms with Crippen molar-refractivity contribution in [3.8, 4) is 0 Å². The van der Waals surface area contributed by atoms with Crippen molar-refractivity contribution >= 4 is 5.69 Å². The van der Waals surface area contributed by atoms with Gasteiger partial charge in [-0.2, -0.15) is 0 Å². The number of hydrogen-bond acceptors (Lipinski definition) is 5. The molecule has 0 amide bonds. The Morgan fingerprint density at radius 2 is 2.32 bits per heavy atom. The maximum Gasteiger partial charge on any atom is 0.272 e. The third-order valence-electron chi connectivity index (χ3n) is 2.79. The zero-order valence-electron chi connectivity index (χ0n) is 10.6. The molecule has 0 atom stereocenters. The zero-order chi connectivity index (χ0) is 13.7. The van der Waals surface area contributed by atoms with Gasteiger partial charge in [-0.1, -0.05) is 17.3 Å². The summed E-state index contributed by atoms with van der Waals surface area (Å²) in [5.41, 5.74) is 1.74. The van der Waals surface area contributed by atoms with Crippen LogP contribution in [0.25, 0.3) is 0 Å². The van der Waals surface area contributed by atoms with Gasteiger partial charge in [-0.15, -0.1) is 5.10 Å².